The Bertz CT molecular complexity index is 964. The van der Waals surface area contributed by atoms with Crippen LogP contribution in [0.5, 0.6) is 5.75 Å². The normalized spacial score (nSPS) is 10.5. The number of amides is 1. The molecule has 0 spiro atoms. The lowest BCUT2D eigenvalue weighted by Gasteiger charge is -2.06. The van der Waals surface area contributed by atoms with Crippen LogP contribution in [-0.2, 0) is 4.79 Å². The second kappa shape index (κ2) is 9.28. The molecule has 0 aliphatic heterocycles. The number of ketones is 1. The van der Waals surface area contributed by atoms with Gasteiger partial charge in [0, 0.05) is 22.9 Å². The third kappa shape index (κ3) is 5.27. The molecule has 6 heteroatoms. The molecule has 0 saturated carbocycles. The summed E-state index contributed by atoms with van der Waals surface area (Å²) in [6.45, 7) is 4.00. The van der Waals surface area contributed by atoms with Crippen LogP contribution in [0.15, 0.2) is 53.9 Å². The van der Waals surface area contributed by atoms with Crippen LogP contribution in [0.1, 0.15) is 35.7 Å². The Labute approximate surface area is 168 Å². The zero-order chi connectivity index (χ0) is 19.9. The van der Waals surface area contributed by atoms with Gasteiger partial charge >= 0.3 is 0 Å². The van der Waals surface area contributed by atoms with Gasteiger partial charge in [-0.05, 0) is 50.1 Å². The molecule has 5 nitrogen and oxygen atoms in total. The number of Topliss-reactive ketones (excluding diaryl/α,β-unsaturated/α-hetero) is 1. The first-order valence-electron chi connectivity index (χ1n) is 9.08. The minimum Gasteiger partial charge on any atom is -0.494 e. The van der Waals surface area contributed by atoms with Gasteiger partial charge in [0.1, 0.15) is 5.75 Å². The van der Waals surface area contributed by atoms with Crippen LogP contribution in [0, 0.1) is 6.92 Å². The molecule has 28 heavy (non-hydrogen) atoms. The molecule has 144 valence electrons. The number of aromatic nitrogens is 1. The maximum absolute atomic E-state index is 12.1. The molecule has 0 aliphatic rings. The highest BCUT2D eigenvalue weighted by Gasteiger charge is 2.09. The van der Waals surface area contributed by atoms with E-state index in [1.165, 1.54) is 18.3 Å². The monoisotopic (exact) mass is 394 g/mol. The molecule has 0 aliphatic carbocycles. The summed E-state index contributed by atoms with van der Waals surface area (Å²) in [5.41, 5.74) is 3.75. The van der Waals surface area contributed by atoms with Gasteiger partial charge in [0.05, 0.1) is 12.3 Å². The summed E-state index contributed by atoms with van der Waals surface area (Å²) >= 11 is 1.42. The number of nitrogens with one attached hydrogen (secondary N) is 1. The minimum atomic E-state index is -0.0822. The summed E-state index contributed by atoms with van der Waals surface area (Å²) in [5, 5.41) is 5.40. The van der Waals surface area contributed by atoms with E-state index in [2.05, 4.69) is 10.3 Å². The lowest BCUT2D eigenvalue weighted by atomic mass is 10.1. The number of anilines is 1. The van der Waals surface area contributed by atoms with E-state index in [0.29, 0.717) is 35.9 Å². The van der Waals surface area contributed by atoms with Crippen molar-refractivity contribution >= 4 is 28.2 Å². The lowest BCUT2D eigenvalue weighted by Crippen LogP contribution is -2.12. The largest absolute Gasteiger partial charge is 0.494 e. The Hall–Kier alpha value is -2.99. The average molecular weight is 394 g/mol. The highest BCUT2D eigenvalue weighted by molar-refractivity contribution is 7.14. The number of aryl methyl sites for hydroxylation is 1. The number of carbonyl (C=O) groups is 2. The number of nitrogens with zero attached hydrogens (tertiary/aromatic N) is 1. The van der Waals surface area contributed by atoms with Crippen LogP contribution in [0.2, 0.25) is 0 Å². The SMILES string of the molecule is CC(=O)c1ccc(OCCCC(=O)Nc2nc(-c3ccccc3C)cs2)cc1. The number of hydrogen-bond acceptors (Lipinski definition) is 5. The number of benzene rings is 2. The molecule has 3 rings (SSSR count). The van der Waals surface area contributed by atoms with Crippen LogP contribution >= 0.6 is 11.3 Å². The highest BCUT2D eigenvalue weighted by Crippen LogP contribution is 2.27. The molecule has 0 unspecified atom stereocenters. The Morgan fingerprint density at radius 2 is 1.86 bits per heavy atom. The van der Waals surface area contributed by atoms with E-state index in [-0.39, 0.29) is 11.7 Å². The molecule has 0 bridgehead atoms. The third-order valence-corrected chi connectivity index (χ3v) is 5.01. The van der Waals surface area contributed by atoms with Crippen molar-refractivity contribution in [2.24, 2.45) is 0 Å². The van der Waals surface area contributed by atoms with Crippen LogP contribution in [0.25, 0.3) is 11.3 Å². The minimum absolute atomic E-state index is 0.0241. The Balaban J connectivity index is 1.44. The summed E-state index contributed by atoms with van der Waals surface area (Å²) in [4.78, 5) is 27.9. The number of hydrogen-bond donors (Lipinski definition) is 1. The van der Waals surface area contributed by atoms with Gasteiger partial charge in [-0.15, -0.1) is 11.3 Å². The lowest BCUT2D eigenvalue weighted by molar-refractivity contribution is -0.116. The number of carbonyl (C=O) groups excluding carboxylic acids is 2. The van der Waals surface area contributed by atoms with Gasteiger partial charge in [-0.3, -0.25) is 9.59 Å². The summed E-state index contributed by atoms with van der Waals surface area (Å²) in [6.07, 6.45) is 0.946. The molecule has 3 aromatic rings. The van der Waals surface area contributed by atoms with Crippen molar-refractivity contribution in [3.8, 4) is 17.0 Å². The standard InChI is InChI=1S/C22H22N2O3S/c1-15-6-3-4-7-19(15)20-14-28-22(23-20)24-21(26)8-5-13-27-18-11-9-17(10-12-18)16(2)25/h3-4,6-7,9-12,14H,5,8,13H2,1-2H3,(H,23,24,26). The fourth-order valence-electron chi connectivity index (χ4n) is 2.71. The molecule has 0 saturated heterocycles. The first-order valence-corrected chi connectivity index (χ1v) is 9.96. The molecule has 0 fully saturated rings. The predicted octanol–water partition coefficient (Wildman–Crippen LogP) is 5.12. The summed E-state index contributed by atoms with van der Waals surface area (Å²) < 4.78 is 5.61. The molecule has 1 N–H and O–H groups in total. The second-order valence-corrected chi connectivity index (χ2v) is 7.29. The first-order chi connectivity index (χ1) is 13.5. The second-order valence-electron chi connectivity index (χ2n) is 6.43. The van der Waals surface area contributed by atoms with E-state index in [1.54, 1.807) is 24.3 Å². The summed E-state index contributed by atoms with van der Waals surface area (Å²) in [6, 6.07) is 15.0. The van der Waals surface area contributed by atoms with Crippen molar-refractivity contribution in [3.63, 3.8) is 0 Å². The van der Waals surface area contributed by atoms with E-state index in [1.807, 2.05) is 36.6 Å². The molecule has 1 amide bonds. The molecule has 1 heterocycles. The van der Waals surface area contributed by atoms with Crippen molar-refractivity contribution in [1.29, 1.82) is 0 Å². The van der Waals surface area contributed by atoms with E-state index < -0.39 is 0 Å². The number of rotatable bonds is 8. The maximum Gasteiger partial charge on any atom is 0.226 e. The third-order valence-electron chi connectivity index (χ3n) is 4.25. The van der Waals surface area contributed by atoms with Crippen molar-refractivity contribution in [3.05, 3.63) is 65.0 Å². The van der Waals surface area contributed by atoms with Crippen LogP contribution in [0.3, 0.4) is 0 Å². The Morgan fingerprint density at radius 1 is 1.11 bits per heavy atom. The average Bonchev–Trinajstić information content (AvgIpc) is 3.14. The fourth-order valence-corrected chi connectivity index (χ4v) is 3.43. The topological polar surface area (TPSA) is 68.3 Å². The Morgan fingerprint density at radius 3 is 2.57 bits per heavy atom. The van der Waals surface area contributed by atoms with Crippen LogP contribution in [-0.4, -0.2) is 23.3 Å². The quantitative estimate of drug-likeness (QED) is 0.425. The van der Waals surface area contributed by atoms with E-state index in [0.717, 1.165) is 16.8 Å². The van der Waals surface area contributed by atoms with Crippen LogP contribution < -0.4 is 10.1 Å². The van der Waals surface area contributed by atoms with Crippen molar-refractivity contribution in [1.82, 2.24) is 4.98 Å². The zero-order valence-electron chi connectivity index (χ0n) is 15.9. The van der Waals surface area contributed by atoms with Crippen molar-refractivity contribution in [2.75, 3.05) is 11.9 Å². The van der Waals surface area contributed by atoms with Gasteiger partial charge in [0.2, 0.25) is 5.91 Å². The van der Waals surface area contributed by atoms with Gasteiger partial charge < -0.3 is 10.1 Å². The Kier molecular flexibility index (Phi) is 6.55. The number of ether oxygens (including phenoxy) is 1. The van der Waals surface area contributed by atoms with Gasteiger partial charge in [-0.2, -0.15) is 0 Å². The molecular weight excluding hydrogens is 372 g/mol. The first kappa shape index (κ1) is 19.8. The summed E-state index contributed by atoms with van der Waals surface area (Å²) in [5.74, 6) is 0.630. The molecule has 0 radical (unpaired) electrons. The van der Waals surface area contributed by atoms with Crippen LogP contribution in [0.4, 0.5) is 5.13 Å². The number of thiazole rings is 1. The van der Waals surface area contributed by atoms with Gasteiger partial charge in [0.15, 0.2) is 10.9 Å². The summed E-state index contributed by atoms with van der Waals surface area (Å²) in [7, 11) is 0. The van der Waals surface area contributed by atoms with E-state index in [4.69, 9.17) is 4.74 Å². The van der Waals surface area contributed by atoms with Gasteiger partial charge in [-0.25, -0.2) is 4.98 Å². The molecule has 1 aromatic heterocycles. The predicted molar refractivity (Wildman–Crippen MR) is 112 cm³/mol. The maximum atomic E-state index is 12.1. The van der Waals surface area contributed by atoms with Gasteiger partial charge in [-0.1, -0.05) is 24.3 Å². The van der Waals surface area contributed by atoms with E-state index in [9.17, 15) is 9.59 Å². The highest BCUT2D eigenvalue weighted by atomic mass is 32.1. The van der Waals surface area contributed by atoms with Crippen molar-refractivity contribution in [2.45, 2.75) is 26.7 Å². The van der Waals surface area contributed by atoms with Crippen molar-refractivity contribution < 1.29 is 14.3 Å². The van der Waals surface area contributed by atoms with E-state index >= 15 is 0 Å². The molecule has 0 atom stereocenters. The van der Waals surface area contributed by atoms with Gasteiger partial charge in [0.25, 0.3) is 0 Å². The smallest absolute Gasteiger partial charge is 0.226 e. The fraction of sp³-hybridized carbons (Fsp3) is 0.227. The molecular formula is C22H22N2O3S. The molecule has 2 aromatic carbocycles. The zero-order valence-corrected chi connectivity index (χ0v) is 16.7.